The molecule has 1 aromatic carbocycles. The number of hydrogen-bond donors (Lipinski definition) is 1. The molecule has 2 fully saturated rings. The van der Waals surface area contributed by atoms with E-state index in [1.54, 1.807) is 0 Å². The summed E-state index contributed by atoms with van der Waals surface area (Å²) in [6.07, 6.45) is 3.96. The maximum Gasteiger partial charge on any atom is 0.223 e. The molecular weight excluding hydrogens is 292 g/mol. The van der Waals surface area contributed by atoms with Gasteiger partial charge in [-0.25, -0.2) is 0 Å². The van der Waals surface area contributed by atoms with Crippen LogP contribution in [0.2, 0.25) is 0 Å². The van der Waals surface area contributed by atoms with Gasteiger partial charge in [-0.15, -0.1) is 0 Å². The van der Waals surface area contributed by atoms with Crippen LogP contribution in [-0.2, 0) is 14.3 Å². The zero-order valence-corrected chi connectivity index (χ0v) is 13.4. The molecule has 0 aliphatic carbocycles. The van der Waals surface area contributed by atoms with E-state index in [2.05, 4.69) is 5.32 Å². The van der Waals surface area contributed by atoms with Crippen molar-refractivity contribution in [2.45, 2.75) is 44.2 Å². The summed E-state index contributed by atoms with van der Waals surface area (Å²) in [5.74, 6) is 0.124. The van der Waals surface area contributed by atoms with Crippen molar-refractivity contribution in [3.05, 3.63) is 35.9 Å². The normalized spacial score (nSPS) is 25.0. The van der Waals surface area contributed by atoms with Gasteiger partial charge in [-0.3, -0.25) is 9.59 Å². The Morgan fingerprint density at radius 3 is 2.87 bits per heavy atom. The highest BCUT2D eigenvalue weighted by Crippen LogP contribution is 2.27. The van der Waals surface area contributed by atoms with Crippen LogP contribution in [0.15, 0.2) is 30.3 Å². The summed E-state index contributed by atoms with van der Waals surface area (Å²) in [6.45, 7) is 1.90. The third-order valence-corrected chi connectivity index (χ3v) is 4.64. The van der Waals surface area contributed by atoms with Gasteiger partial charge < -0.3 is 15.0 Å². The number of benzene rings is 1. The van der Waals surface area contributed by atoms with Gasteiger partial charge in [-0.2, -0.15) is 0 Å². The summed E-state index contributed by atoms with van der Waals surface area (Å²) in [7, 11) is 0. The SMILES string of the molecule is O=C1C[C@@H](c2ccccc2)N(C(=O)CC[C@H]2CCCO2)CCN1. The number of nitrogens with zero attached hydrogens (tertiary/aromatic N) is 1. The third kappa shape index (κ3) is 4.10. The van der Waals surface area contributed by atoms with Crippen molar-refractivity contribution in [2.24, 2.45) is 0 Å². The van der Waals surface area contributed by atoms with Gasteiger partial charge in [-0.1, -0.05) is 30.3 Å². The molecule has 2 aliphatic heterocycles. The Balaban J connectivity index is 1.70. The minimum absolute atomic E-state index is 0.00767. The van der Waals surface area contributed by atoms with Gasteiger partial charge in [-0.05, 0) is 24.8 Å². The van der Waals surface area contributed by atoms with E-state index >= 15 is 0 Å². The topological polar surface area (TPSA) is 58.6 Å². The van der Waals surface area contributed by atoms with E-state index in [-0.39, 0.29) is 24.0 Å². The highest BCUT2D eigenvalue weighted by atomic mass is 16.5. The maximum atomic E-state index is 12.7. The van der Waals surface area contributed by atoms with E-state index in [1.165, 1.54) is 0 Å². The highest BCUT2D eigenvalue weighted by Gasteiger charge is 2.30. The van der Waals surface area contributed by atoms with Gasteiger partial charge in [0, 0.05) is 26.1 Å². The van der Waals surface area contributed by atoms with Gasteiger partial charge in [0.25, 0.3) is 0 Å². The molecule has 2 amide bonds. The first-order chi connectivity index (χ1) is 11.2. The second-order valence-electron chi connectivity index (χ2n) is 6.24. The van der Waals surface area contributed by atoms with Crippen molar-refractivity contribution in [2.75, 3.05) is 19.7 Å². The number of carbonyl (C=O) groups is 2. The second-order valence-corrected chi connectivity index (χ2v) is 6.24. The van der Waals surface area contributed by atoms with Crippen LogP contribution < -0.4 is 5.32 Å². The number of rotatable bonds is 4. The van der Waals surface area contributed by atoms with E-state index < -0.39 is 0 Å². The Morgan fingerprint density at radius 1 is 1.30 bits per heavy atom. The molecule has 0 spiro atoms. The monoisotopic (exact) mass is 316 g/mol. The van der Waals surface area contributed by atoms with Crippen molar-refractivity contribution < 1.29 is 14.3 Å². The molecule has 0 aromatic heterocycles. The Hall–Kier alpha value is -1.88. The smallest absolute Gasteiger partial charge is 0.223 e. The van der Waals surface area contributed by atoms with Crippen LogP contribution in [0.3, 0.4) is 0 Å². The Morgan fingerprint density at radius 2 is 2.13 bits per heavy atom. The van der Waals surface area contributed by atoms with Gasteiger partial charge in [0.05, 0.1) is 18.6 Å². The molecule has 1 aromatic rings. The molecule has 0 saturated carbocycles. The lowest BCUT2D eigenvalue weighted by Crippen LogP contribution is -2.36. The summed E-state index contributed by atoms with van der Waals surface area (Å²) in [6, 6.07) is 9.66. The standard InChI is InChI=1S/C18H24N2O3/c21-17-13-16(14-5-2-1-3-6-14)20(11-10-19-17)18(22)9-8-15-7-4-12-23-15/h1-3,5-6,15-16H,4,7-13H2,(H,19,21)/t15-,16+/m1/s1. The van der Waals surface area contributed by atoms with Gasteiger partial charge in [0.2, 0.25) is 11.8 Å². The summed E-state index contributed by atoms with van der Waals surface area (Å²) < 4.78 is 5.61. The fourth-order valence-electron chi connectivity index (χ4n) is 3.40. The highest BCUT2D eigenvalue weighted by molar-refractivity contribution is 5.81. The van der Waals surface area contributed by atoms with Crippen LogP contribution >= 0.6 is 0 Å². The molecule has 0 bridgehead atoms. The van der Waals surface area contributed by atoms with Crippen LogP contribution in [0.5, 0.6) is 0 Å². The maximum absolute atomic E-state index is 12.7. The number of hydrogen-bond acceptors (Lipinski definition) is 3. The number of amides is 2. The largest absolute Gasteiger partial charge is 0.378 e. The van der Waals surface area contributed by atoms with E-state index in [1.807, 2.05) is 35.2 Å². The molecule has 0 unspecified atom stereocenters. The Bertz CT molecular complexity index is 540. The number of carbonyl (C=O) groups excluding carboxylic acids is 2. The second kappa shape index (κ2) is 7.59. The number of ether oxygens (including phenoxy) is 1. The van der Waals surface area contributed by atoms with Crippen molar-refractivity contribution in [3.63, 3.8) is 0 Å². The molecule has 2 saturated heterocycles. The van der Waals surface area contributed by atoms with Crippen molar-refractivity contribution in [1.29, 1.82) is 0 Å². The predicted octanol–water partition coefficient (Wildman–Crippen LogP) is 2.04. The summed E-state index contributed by atoms with van der Waals surface area (Å²) >= 11 is 0. The van der Waals surface area contributed by atoms with Gasteiger partial charge >= 0.3 is 0 Å². The van der Waals surface area contributed by atoms with Gasteiger partial charge in [0.1, 0.15) is 0 Å². The molecule has 124 valence electrons. The van der Waals surface area contributed by atoms with Crippen molar-refractivity contribution in [1.82, 2.24) is 10.2 Å². The first kappa shape index (κ1) is 16.0. The number of nitrogens with one attached hydrogen (secondary N) is 1. The molecular formula is C18H24N2O3. The van der Waals surface area contributed by atoms with E-state index in [0.717, 1.165) is 31.4 Å². The lowest BCUT2D eigenvalue weighted by Gasteiger charge is -2.30. The first-order valence-electron chi connectivity index (χ1n) is 8.47. The van der Waals surface area contributed by atoms with E-state index in [4.69, 9.17) is 4.74 Å². The molecule has 2 heterocycles. The fourth-order valence-corrected chi connectivity index (χ4v) is 3.40. The fraction of sp³-hybridized carbons (Fsp3) is 0.556. The van der Waals surface area contributed by atoms with Crippen LogP contribution in [0.4, 0.5) is 0 Å². The van der Waals surface area contributed by atoms with E-state index in [0.29, 0.717) is 25.9 Å². The molecule has 5 nitrogen and oxygen atoms in total. The summed E-state index contributed by atoms with van der Waals surface area (Å²) in [5, 5.41) is 2.87. The Kier molecular flexibility index (Phi) is 5.28. The zero-order chi connectivity index (χ0) is 16.1. The van der Waals surface area contributed by atoms with Gasteiger partial charge in [0.15, 0.2) is 0 Å². The molecule has 0 radical (unpaired) electrons. The lowest BCUT2D eigenvalue weighted by molar-refractivity contribution is -0.134. The summed E-state index contributed by atoms with van der Waals surface area (Å²) in [4.78, 5) is 26.5. The van der Waals surface area contributed by atoms with Crippen LogP contribution in [0.1, 0.15) is 43.7 Å². The third-order valence-electron chi connectivity index (χ3n) is 4.64. The zero-order valence-electron chi connectivity index (χ0n) is 13.4. The van der Waals surface area contributed by atoms with Crippen molar-refractivity contribution >= 4 is 11.8 Å². The minimum Gasteiger partial charge on any atom is -0.378 e. The quantitative estimate of drug-likeness (QED) is 0.925. The Labute approximate surface area is 137 Å². The molecule has 3 rings (SSSR count). The average molecular weight is 316 g/mol. The van der Waals surface area contributed by atoms with Crippen LogP contribution in [-0.4, -0.2) is 42.5 Å². The van der Waals surface area contributed by atoms with E-state index in [9.17, 15) is 9.59 Å². The minimum atomic E-state index is -0.171. The first-order valence-corrected chi connectivity index (χ1v) is 8.47. The van der Waals surface area contributed by atoms with Crippen LogP contribution in [0.25, 0.3) is 0 Å². The molecule has 2 atom stereocenters. The predicted molar refractivity (Wildman–Crippen MR) is 86.7 cm³/mol. The lowest BCUT2D eigenvalue weighted by atomic mass is 10.0. The van der Waals surface area contributed by atoms with Crippen molar-refractivity contribution in [3.8, 4) is 0 Å². The average Bonchev–Trinajstić information content (AvgIpc) is 3.01. The summed E-state index contributed by atoms with van der Waals surface area (Å²) in [5.41, 5.74) is 1.02. The molecule has 2 aliphatic rings. The molecule has 23 heavy (non-hydrogen) atoms. The van der Waals surface area contributed by atoms with Crippen LogP contribution in [0, 0.1) is 0 Å². The molecule has 1 N–H and O–H groups in total. The molecule has 5 heteroatoms.